The summed E-state index contributed by atoms with van der Waals surface area (Å²) < 4.78 is 4.86. The van der Waals surface area contributed by atoms with Crippen molar-refractivity contribution in [2.75, 3.05) is 7.11 Å². The second kappa shape index (κ2) is 14.2. The van der Waals surface area contributed by atoms with Crippen molar-refractivity contribution < 1.29 is 19.1 Å². The van der Waals surface area contributed by atoms with Crippen molar-refractivity contribution in [1.82, 2.24) is 16.0 Å². The van der Waals surface area contributed by atoms with Crippen LogP contribution in [0.2, 0.25) is 5.02 Å². The van der Waals surface area contributed by atoms with Gasteiger partial charge >= 0.3 is 12.0 Å². The van der Waals surface area contributed by atoms with E-state index in [1.807, 2.05) is 37.3 Å². The van der Waals surface area contributed by atoms with Crippen LogP contribution in [0.25, 0.3) is 0 Å². The summed E-state index contributed by atoms with van der Waals surface area (Å²) in [4.78, 5) is 38.3. The van der Waals surface area contributed by atoms with Gasteiger partial charge in [-0.05, 0) is 36.6 Å². The minimum absolute atomic E-state index is 0.138. The maximum Gasteiger partial charge on any atom is 0.360 e. The highest BCUT2D eigenvalue weighted by molar-refractivity contribution is 6.31. The molecule has 0 saturated heterocycles. The lowest BCUT2D eigenvalue weighted by atomic mass is 10.0. The van der Waals surface area contributed by atoms with Crippen LogP contribution in [0.15, 0.2) is 58.8 Å². The first-order chi connectivity index (χ1) is 17.1. The number of nitrogens with two attached hydrogens (primary N) is 2. The molecule has 11 nitrogen and oxygen atoms in total. The number of esters is 1. The molecular formula is C24H32ClN7O4. The normalized spacial score (nSPS) is 13.8. The number of carbonyl (C=O) groups excluding carboxylic acids is 3. The highest BCUT2D eigenvalue weighted by atomic mass is 35.5. The number of hydrogen-bond acceptors (Lipinski definition) is 8. The zero-order valence-electron chi connectivity index (χ0n) is 20.4. The van der Waals surface area contributed by atoms with E-state index in [0.717, 1.165) is 11.1 Å². The Kier molecular flexibility index (Phi) is 11.4. The van der Waals surface area contributed by atoms with Crippen LogP contribution in [0, 0.1) is 6.92 Å². The number of nitrogens with zero attached hydrogens (tertiary/aromatic N) is 2. The summed E-state index contributed by atoms with van der Waals surface area (Å²) in [6.07, 6.45) is -0.373. The fourth-order valence-corrected chi connectivity index (χ4v) is 3.56. The minimum atomic E-state index is -1.10. The summed E-state index contributed by atoms with van der Waals surface area (Å²) in [5.74, 6) is -1.31. The number of rotatable bonds is 11. The number of aryl methyl sites for hydroxylation is 1. The molecule has 7 N–H and O–H groups in total. The third-order valence-corrected chi connectivity index (χ3v) is 5.72. The maximum atomic E-state index is 13.3. The van der Waals surface area contributed by atoms with Crippen LogP contribution in [0.4, 0.5) is 10.5 Å². The summed E-state index contributed by atoms with van der Waals surface area (Å²) in [6.45, 7) is 3.63. The summed E-state index contributed by atoms with van der Waals surface area (Å²) in [5, 5.41) is 16.1. The molecule has 194 valence electrons. The summed E-state index contributed by atoms with van der Waals surface area (Å²) in [6, 6.07) is 10.4. The SMILES string of the molecule is CCC(NC(N)N)C(NC(=O)C(Cc1ccccc1)NC(=O)N=Nc1ccc(C)c(Cl)c1)C(=O)OC. The Hall–Kier alpha value is -3.38. The third-order valence-electron chi connectivity index (χ3n) is 5.31. The highest BCUT2D eigenvalue weighted by Gasteiger charge is 2.33. The van der Waals surface area contributed by atoms with E-state index in [1.165, 1.54) is 7.11 Å². The second-order valence-electron chi connectivity index (χ2n) is 8.04. The number of benzene rings is 2. The summed E-state index contributed by atoms with van der Waals surface area (Å²) >= 11 is 6.09. The second-order valence-corrected chi connectivity index (χ2v) is 8.45. The van der Waals surface area contributed by atoms with Crippen LogP contribution in [0.5, 0.6) is 0 Å². The molecule has 0 aliphatic carbocycles. The number of amides is 3. The van der Waals surface area contributed by atoms with E-state index in [4.69, 9.17) is 27.8 Å². The molecule has 0 aromatic heterocycles. The zero-order valence-corrected chi connectivity index (χ0v) is 21.2. The van der Waals surface area contributed by atoms with Gasteiger partial charge in [0.2, 0.25) is 5.91 Å². The van der Waals surface area contributed by atoms with Crippen molar-refractivity contribution in [3.63, 3.8) is 0 Å². The Labute approximate surface area is 215 Å². The van der Waals surface area contributed by atoms with E-state index in [2.05, 4.69) is 26.2 Å². The van der Waals surface area contributed by atoms with Gasteiger partial charge in [0.05, 0.1) is 12.8 Å². The molecule has 3 atom stereocenters. The number of hydrogen-bond donors (Lipinski definition) is 5. The van der Waals surface area contributed by atoms with Gasteiger partial charge in [-0.15, -0.1) is 5.11 Å². The Bertz CT molecular complexity index is 1070. The predicted molar refractivity (Wildman–Crippen MR) is 136 cm³/mol. The van der Waals surface area contributed by atoms with Gasteiger partial charge in [0.1, 0.15) is 18.4 Å². The number of carbonyl (C=O) groups is 3. The molecule has 36 heavy (non-hydrogen) atoms. The number of halogens is 1. The van der Waals surface area contributed by atoms with Gasteiger partial charge in [-0.2, -0.15) is 0 Å². The predicted octanol–water partition coefficient (Wildman–Crippen LogP) is 2.28. The van der Waals surface area contributed by atoms with Crippen LogP contribution in [0.3, 0.4) is 0 Å². The first kappa shape index (κ1) is 28.9. The lowest BCUT2D eigenvalue weighted by Crippen LogP contribution is -2.62. The van der Waals surface area contributed by atoms with Gasteiger partial charge in [-0.3, -0.25) is 10.1 Å². The average molecular weight is 518 g/mol. The van der Waals surface area contributed by atoms with Crippen LogP contribution in [-0.2, 0) is 20.7 Å². The van der Waals surface area contributed by atoms with E-state index in [9.17, 15) is 14.4 Å². The zero-order chi connectivity index (χ0) is 26.7. The Morgan fingerprint density at radius 1 is 1.08 bits per heavy atom. The van der Waals surface area contributed by atoms with Crippen molar-refractivity contribution in [1.29, 1.82) is 0 Å². The fraction of sp³-hybridized carbons (Fsp3) is 0.375. The Morgan fingerprint density at radius 2 is 1.78 bits per heavy atom. The maximum absolute atomic E-state index is 13.3. The average Bonchev–Trinajstić information content (AvgIpc) is 2.86. The van der Waals surface area contributed by atoms with Gasteiger partial charge < -0.3 is 26.8 Å². The number of ether oxygens (including phenoxy) is 1. The molecule has 0 heterocycles. The molecule has 0 spiro atoms. The first-order valence-electron chi connectivity index (χ1n) is 11.3. The number of urea groups is 1. The molecule has 2 aromatic rings. The van der Waals surface area contributed by atoms with Crippen molar-refractivity contribution in [2.24, 2.45) is 21.7 Å². The Balaban J connectivity index is 2.23. The largest absolute Gasteiger partial charge is 0.467 e. The number of azo groups is 1. The molecule has 0 aliphatic rings. The lowest BCUT2D eigenvalue weighted by Gasteiger charge is -2.29. The third kappa shape index (κ3) is 9.00. The van der Waals surface area contributed by atoms with Gasteiger partial charge in [0.25, 0.3) is 0 Å². The molecule has 0 radical (unpaired) electrons. The van der Waals surface area contributed by atoms with Crippen LogP contribution in [0.1, 0.15) is 24.5 Å². The van der Waals surface area contributed by atoms with Crippen LogP contribution >= 0.6 is 11.6 Å². The minimum Gasteiger partial charge on any atom is -0.467 e. The number of nitrogens with one attached hydrogen (secondary N) is 3. The van der Waals surface area contributed by atoms with E-state index >= 15 is 0 Å². The molecule has 12 heteroatoms. The summed E-state index contributed by atoms with van der Waals surface area (Å²) in [5.41, 5.74) is 13.3. The molecule has 2 aromatic carbocycles. The number of methoxy groups -OCH3 is 1. The van der Waals surface area contributed by atoms with Crippen molar-refractivity contribution in [3.8, 4) is 0 Å². The first-order valence-corrected chi connectivity index (χ1v) is 11.7. The van der Waals surface area contributed by atoms with E-state index in [0.29, 0.717) is 17.1 Å². The molecule has 2 rings (SSSR count). The molecular weight excluding hydrogens is 486 g/mol. The highest BCUT2D eigenvalue weighted by Crippen LogP contribution is 2.22. The molecule has 0 bridgehead atoms. The standard InChI is InChI=1S/C24H32ClN7O4/c1-4-18(28-23(26)27)20(22(34)36-3)30-21(33)19(12-15-8-6-5-7-9-15)29-24(35)32-31-16-11-10-14(2)17(25)13-16/h5-11,13,18-20,23,28H,4,12,26-27H2,1-3H3,(H,29,35)(H,30,33). The van der Waals surface area contributed by atoms with Crippen molar-refractivity contribution in [2.45, 2.75) is 51.1 Å². The van der Waals surface area contributed by atoms with Gasteiger partial charge in [0.15, 0.2) is 0 Å². The molecule has 0 aliphatic heterocycles. The molecule has 0 saturated carbocycles. The smallest absolute Gasteiger partial charge is 0.360 e. The molecule has 0 fully saturated rings. The van der Waals surface area contributed by atoms with Gasteiger partial charge in [0, 0.05) is 17.5 Å². The van der Waals surface area contributed by atoms with Crippen molar-refractivity contribution in [3.05, 3.63) is 64.7 Å². The van der Waals surface area contributed by atoms with E-state index in [-0.39, 0.29) is 6.42 Å². The van der Waals surface area contributed by atoms with Crippen molar-refractivity contribution >= 4 is 35.2 Å². The summed E-state index contributed by atoms with van der Waals surface area (Å²) in [7, 11) is 1.21. The molecule has 3 unspecified atom stereocenters. The monoisotopic (exact) mass is 517 g/mol. The molecule has 3 amide bonds. The van der Waals surface area contributed by atoms with E-state index < -0.39 is 42.3 Å². The van der Waals surface area contributed by atoms with Gasteiger partial charge in [-0.25, -0.2) is 9.59 Å². The van der Waals surface area contributed by atoms with Gasteiger partial charge in [-0.1, -0.05) is 60.0 Å². The van der Waals surface area contributed by atoms with E-state index in [1.54, 1.807) is 25.1 Å². The van der Waals surface area contributed by atoms with Crippen LogP contribution < -0.4 is 27.4 Å². The topological polar surface area (TPSA) is 173 Å². The van der Waals surface area contributed by atoms with Crippen LogP contribution in [-0.4, -0.2) is 49.4 Å². The fourth-order valence-electron chi connectivity index (χ4n) is 3.39. The Morgan fingerprint density at radius 3 is 2.36 bits per heavy atom. The lowest BCUT2D eigenvalue weighted by molar-refractivity contribution is -0.146. The quantitative estimate of drug-likeness (QED) is 0.172.